The molecule has 4 rings (SSSR count). The Morgan fingerprint density at radius 2 is 2.10 bits per heavy atom. The van der Waals surface area contributed by atoms with Crippen LogP contribution < -0.4 is 9.64 Å². The van der Waals surface area contributed by atoms with Gasteiger partial charge in [-0.25, -0.2) is 9.97 Å². The van der Waals surface area contributed by atoms with Crippen molar-refractivity contribution in [3.05, 3.63) is 47.4 Å². The van der Waals surface area contributed by atoms with Crippen LogP contribution in [0, 0.1) is 0 Å². The van der Waals surface area contributed by atoms with Crippen molar-refractivity contribution in [2.45, 2.75) is 25.7 Å². The summed E-state index contributed by atoms with van der Waals surface area (Å²) in [6.45, 7) is 5.91. The molecule has 8 nitrogen and oxygen atoms in total. The highest BCUT2D eigenvalue weighted by Crippen LogP contribution is 2.28. The number of morpholine rings is 1. The second-order valence-electron chi connectivity index (χ2n) is 7.52. The van der Waals surface area contributed by atoms with E-state index in [2.05, 4.69) is 20.9 Å². The number of aliphatic imine (C=N–C) groups is 1. The molecule has 1 fully saturated rings. The summed E-state index contributed by atoms with van der Waals surface area (Å²) in [5.74, 6) is 1.68. The number of hydrogen-bond acceptors (Lipinski definition) is 8. The fourth-order valence-electron chi connectivity index (χ4n) is 3.82. The van der Waals surface area contributed by atoms with E-state index in [0.29, 0.717) is 26.4 Å². The molecule has 8 heteroatoms. The fourth-order valence-corrected chi connectivity index (χ4v) is 3.82. The number of aromatic nitrogens is 2. The van der Waals surface area contributed by atoms with Gasteiger partial charge < -0.3 is 23.8 Å². The van der Waals surface area contributed by atoms with Crippen LogP contribution >= 0.6 is 0 Å². The molecule has 160 valence electrons. The van der Waals surface area contributed by atoms with Crippen molar-refractivity contribution in [3.63, 3.8) is 0 Å². The molecule has 0 amide bonds. The molecule has 0 spiro atoms. The first-order valence-electron chi connectivity index (χ1n) is 10.2. The van der Waals surface area contributed by atoms with Gasteiger partial charge in [-0.2, -0.15) is 0 Å². The molecule has 2 atom stereocenters. The SMILES string of the molecule is COCC1CN(c2cc(C3=NCc4ccc(O[C@@H](C)COC)cc43)ncn2)CCO1. The van der Waals surface area contributed by atoms with Crippen LogP contribution in [-0.2, 0) is 20.8 Å². The summed E-state index contributed by atoms with van der Waals surface area (Å²) in [5.41, 5.74) is 3.92. The first kappa shape index (κ1) is 20.7. The van der Waals surface area contributed by atoms with Crippen LogP contribution in [0.15, 0.2) is 35.6 Å². The number of rotatable bonds is 8. The van der Waals surface area contributed by atoms with Gasteiger partial charge in [-0.05, 0) is 24.6 Å². The monoisotopic (exact) mass is 412 g/mol. The van der Waals surface area contributed by atoms with Crippen molar-refractivity contribution in [3.8, 4) is 5.75 Å². The third-order valence-corrected chi connectivity index (χ3v) is 5.19. The van der Waals surface area contributed by atoms with Crippen molar-refractivity contribution in [2.75, 3.05) is 52.0 Å². The molecule has 1 aromatic carbocycles. The van der Waals surface area contributed by atoms with E-state index in [1.54, 1.807) is 20.5 Å². The highest BCUT2D eigenvalue weighted by atomic mass is 16.5. The molecule has 2 aliphatic heterocycles. The summed E-state index contributed by atoms with van der Waals surface area (Å²) in [5, 5.41) is 0. The van der Waals surface area contributed by atoms with E-state index in [1.807, 2.05) is 25.1 Å². The lowest BCUT2D eigenvalue weighted by molar-refractivity contribution is -0.0102. The number of benzene rings is 1. The highest BCUT2D eigenvalue weighted by molar-refractivity contribution is 6.14. The largest absolute Gasteiger partial charge is 0.488 e. The van der Waals surface area contributed by atoms with Gasteiger partial charge in [-0.3, -0.25) is 4.99 Å². The highest BCUT2D eigenvalue weighted by Gasteiger charge is 2.24. The maximum Gasteiger partial charge on any atom is 0.132 e. The van der Waals surface area contributed by atoms with Crippen LogP contribution in [-0.4, -0.2) is 75.0 Å². The summed E-state index contributed by atoms with van der Waals surface area (Å²) < 4.78 is 22.1. The Kier molecular flexibility index (Phi) is 6.56. The lowest BCUT2D eigenvalue weighted by atomic mass is 10.0. The predicted octanol–water partition coefficient (Wildman–Crippen LogP) is 2.09. The van der Waals surface area contributed by atoms with E-state index in [0.717, 1.165) is 41.6 Å². The molecule has 2 aliphatic rings. The standard InChI is InChI=1S/C22H28N4O4/c1-15(12-27-2)30-17-5-4-16-10-23-22(19(16)8-17)20-9-21(25-14-24-20)26-6-7-29-18(11-26)13-28-3/h4-5,8-9,14-15,18H,6-7,10-13H2,1-3H3/t15-,18?/m0/s1. The summed E-state index contributed by atoms with van der Waals surface area (Å²) >= 11 is 0. The second kappa shape index (κ2) is 9.51. The summed E-state index contributed by atoms with van der Waals surface area (Å²) in [6, 6.07) is 8.10. The molecule has 0 aliphatic carbocycles. The molecule has 0 saturated carbocycles. The summed E-state index contributed by atoms with van der Waals surface area (Å²) in [6.07, 6.45) is 1.62. The Morgan fingerprint density at radius 3 is 2.93 bits per heavy atom. The molecular formula is C22H28N4O4. The van der Waals surface area contributed by atoms with Gasteiger partial charge in [0.1, 0.15) is 24.0 Å². The van der Waals surface area contributed by atoms with Gasteiger partial charge >= 0.3 is 0 Å². The number of methoxy groups -OCH3 is 2. The molecule has 1 aromatic heterocycles. The molecule has 1 saturated heterocycles. The van der Waals surface area contributed by atoms with Crippen molar-refractivity contribution in [2.24, 2.45) is 4.99 Å². The van der Waals surface area contributed by atoms with E-state index >= 15 is 0 Å². The van der Waals surface area contributed by atoms with Crippen LogP contribution in [0.25, 0.3) is 0 Å². The van der Waals surface area contributed by atoms with E-state index in [9.17, 15) is 0 Å². The van der Waals surface area contributed by atoms with Gasteiger partial charge in [0.25, 0.3) is 0 Å². The predicted molar refractivity (Wildman–Crippen MR) is 114 cm³/mol. The van der Waals surface area contributed by atoms with Crippen LogP contribution in [0.2, 0.25) is 0 Å². The molecule has 3 heterocycles. The molecule has 1 unspecified atom stereocenters. The van der Waals surface area contributed by atoms with Gasteiger partial charge in [-0.1, -0.05) is 6.07 Å². The zero-order chi connectivity index (χ0) is 20.9. The quantitative estimate of drug-likeness (QED) is 0.657. The third-order valence-electron chi connectivity index (χ3n) is 5.19. The Hall–Kier alpha value is -2.55. The molecule has 2 aromatic rings. The van der Waals surface area contributed by atoms with Crippen molar-refractivity contribution >= 4 is 11.5 Å². The summed E-state index contributed by atoms with van der Waals surface area (Å²) in [7, 11) is 3.36. The van der Waals surface area contributed by atoms with Crippen LogP contribution in [0.3, 0.4) is 0 Å². The zero-order valence-electron chi connectivity index (χ0n) is 17.7. The number of anilines is 1. The molecular weight excluding hydrogens is 384 g/mol. The minimum Gasteiger partial charge on any atom is -0.488 e. The molecule has 0 N–H and O–H groups in total. The van der Waals surface area contributed by atoms with E-state index in [-0.39, 0.29) is 12.2 Å². The Morgan fingerprint density at radius 1 is 1.20 bits per heavy atom. The third kappa shape index (κ3) is 4.61. The molecule has 30 heavy (non-hydrogen) atoms. The summed E-state index contributed by atoms with van der Waals surface area (Å²) in [4.78, 5) is 15.9. The van der Waals surface area contributed by atoms with Gasteiger partial charge in [0.15, 0.2) is 0 Å². The van der Waals surface area contributed by atoms with E-state index < -0.39 is 0 Å². The Bertz CT molecular complexity index is 902. The second-order valence-corrected chi connectivity index (χ2v) is 7.52. The smallest absolute Gasteiger partial charge is 0.132 e. The number of hydrogen-bond donors (Lipinski definition) is 0. The van der Waals surface area contributed by atoms with Crippen molar-refractivity contribution < 1.29 is 18.9 Å². The molecule has 0 radical (unpaired) electrons. The first-order valence-corrected chi connectivity index (χ1v) is 10.2. The van der Waals surface area contributed by atoms with Crippen LogP contribution in [0.5, 0.6) is 5.75 Å². The van der Waals surface area contributed by atoms with Gasteiger partial charge in [-0.15, -0.1) is 0 Å². The topological polar surface area (TPSA) is 78.3 Å². The maximum absolute atomic E-state index is 5.97. The van der Waals surface area contributed by atoms with Gasteiger partial charge in [0.05, 0.1) is 43.9 Å². The lowest BCUT2D eigenvalue weighted by Gasteiger charge is -2.33. The maximum atomic E-state index is 5.97. The minimum atomic E-state index is -0.0261. The molecule has 0 bridgehead atoms. The van der Waals surface area contributed by atoms with Crippen LogP contribution in [0.1, 0.15) is 23.7 Å². The average Bonchev–Trinajstić information content (AvgIpc) is 3.18. The lowest BCUT2D eigenvalue weighted by Crippen LogP contribution is -2.44. The van der Waals surface area contributed by atoms with E-state index in [1.165, 1.54) is 5.56 Å². The minimum absolute atomic E-state index is 0.0261. The van der Waals surface area contributed by atoms with Crippen molar-refractivity contribution in [1.29, 1.82) is 0 Å². The van der Waals surface area contributed by atoms with Gasteiger partial charge in [0.2, 0.25) is 0 Å². The number of nitrogens with zero attached hydrogens (tertiary/aromatic N) is 4. The zero-order valence-corrected chi connectivity index (χ0v) is 17.7. The Balaban J connectivity index is 1.54. The Labute approximate surface area is 176 Å². The number of ether oxygens (including phenoxy) is 4. The van der Waals surface area contributed by atoms with Crippen molar-refractivity contribution in [1.82, 2.24) is 9.97 Å². The fraction of sp³-hybridized carbons (Fsp3) is 0.500. The average molecular weight is 412 g/mol. The van der Waals surface area contributed by atoms with Crippen LogP contribution in [0.4, 0.5) is 5.82 Å². The van der Waals surface area contributed by atoms with E-state index in [4.69, 9.17) is 23.9 Å². The van der Waals surface area contributed by atoms with Gasteiger partial charge in [0, 0.05) is 38.9 Å². The normalized spacial score (nSPS) is 19.4. The first-order chi connectivity index (χ1) is 14.7. The number of fused-ring (bicyclic) bond motifs is 1.